The maximum Gasteiger partial charge on any atom is 0.154 e. The van der Waals surface area contributed by atoms with Crippen molar-refractivity contribution in [1.29, 1.82) is 0 Å². The van der Waals surface area contributed by atoms with Crippen molar-refractivity contribution >= 4 is 9.84 Å². The van der Waals surface area contributed by atoms with E-state index in [-0.39, 0.29) is 0 Å². The number of benzene rings is 1. The van der Waals surface area contributed by atoms with Gasteiger partial charge in [0, 0.05) is 12.3 Å². The molecule has 1 aromatic rings. The molecule has 0 saturated heterocycles. The van der Waals surface area contributed by atoms with Crippen molar-refractivity contribution in [1.82, 2.24) is 0 Å². The highest BCUT2D eigenvalue weighted by Gasteiger charge is 2.37. The van der Waals surface area contributed by atoms with Crippen molar-refractivity contribution < 1.29 is 13.2 Å². The highest BCUT2D eigenvalue weighted by molar-refractivity contribution is 7.92. The van der Waals surface area contributed by atoms with E-state index in [0.29, 0.717) is 6.42 Å². The smallest absolute Gasteiger partial charge is 0.154 e. The second-order valence-electron chi connectivity index (χ2n) is 5.00. The van der Waals surface area contributed by atoms with Crippen LogP contribution in [0.15, 0.2) is 24.3 Å². The molecule has 1 unspecified atom stereocenters. The van der Waals surface area contributed by atoms with Gasteiger partial charge in [-0.3, -0.25) is 0 Å². The van der Waals surface area contributed by atoms with Crippen LogP contribution < -0.4 is 10.5 Å². The summed E-state index contributed by atoms with van der Waals surface area (Å²) in [7, 11) is -1.62. The molecule has 4 nitrogen and oxygen atoms in total. The van der Waals surface area contributed by atoms with E-state index in [4.69, 9.17) is 10.5 Å². The van der Waals surface area contributed by atoms with Crippen LogP contribution in [0.25, 0.3) is 0 Å². The van der Waals surface area contributed by atoms with Crippen LogP contribution in [0.5, 0.6) is 5.75 Å². The maximum atomic E-state index is 11.7. The Morgan fingerprint density at radius 2 is 1.89 bits per heavy atom. The molecule has 0 bridgehead atoms. The van der Waals surface area contributed by atoms with Crippen molar-refractivity contribution in [3.63, 3.8) is 0 Å². The van der Waals surface area contributed by atoms with E-state index in [2.05, 4.69) is 0 Å². The Balaban J connectivity index is 2.98. The molecule has 0 saturated carbocycles. The molecule has 0 fully saturated rings. The van der Waals surface area contributed by atoms with Crippen LogP contribution in [0.1, 0.15) is 19.4 Å². The number of ether oxygens (including phenoxy) is 1. The van der Waals surface area contributed by atoms with Crippen molar-refractivity contribution in [3.8, 4) is 5.75 Å². The zero-order valence-corrected chi connectivity index (χ0v) is 12.1. The summed E-state index contributed by atoms with van der Waals surface area (Å²) in [4.78, 5) is 0. The summed E-state index contributed by atoms with van der Waals surface area (Å²) in [5.74, 6) is 0.734. The zero-order valence-electron chi connectivity index (χ0n) is 11.3. The predicted molar refractivity (Wildman–Crippen MR) is 73.6 cm³/mol. The number of methoxy groups -OCH3 is 1. The third-order valence-electron chi connectivity index (χ3n) is 3.48. The molecule has 0 aliphatic carbocycles. The van der Waals surface area contributed by atoms with Crippen molar-refractivity contribution in [3.05, 3.63) is 29.8 Å². The molecular weight excluding hydrogens is 250 g/mol. The Morgan fingerprint density at radius 3 is 2.39 bits per heavy atom. The van der Waals surface area contributed by atoms with Gasteiger partial charge in [-0.2, -0.15) is 0 Å². The van der Waals surface area contributed by atoms with Gasteiger partial charge < -0.3 is 10.5 Å². The van der Waals surface area contributed by atoms with E-state index in [1.807, 2.05) is 24.3 Å². The summed E-state index contributed by atoms with van der Waals surface area (Å²) < 4.78 is 27.7. The molecule has 18 heavy (non-hydrogen) atoms. The molecule has 0 aliphatic rings. The molecule has 0 amide bonds. The number of sulfone groups is 1. The van der Waals surface area contributed by atoms with Gasteiger partial charge in [0.2, 0.25) is 0 Å². The number of hydrogen-bond donors (Lipinski definition) is 1. The van der Waals surface area contributed by atoms with E-state index in [9.17, 15) is 8.42 Å². The van der Waals surface area contributed by atoms with Crippen LogP contribution in [0.2, 0.25) is 0 Å². The van der Waals surface area contributed by atoms with Crippen LogP contribution in [-0.2, 0) is 16.3 Å². The normalized spacial score (nSPS) is 14.3. The first-order chi connectivity index (χ1) is 8.20. The van der Waals surface area contributed by atoms with Gasteiger partial charge in [0.25, 0.3) is 0 Å². The first kappa shape index (κ1) is 15.0. The Kier molecular flexibility index (Phi) is 4.40. The second-order valence-corrected chi connectivity index (χ2v) is 7.59. The molecular formula is C13H21NO3S. The molecule has 1 rings (SSSR count). The van der Waals surface area contributed by atoms with Crippen LogP contribution in [0, 0.1) is 0 Å². The summed E-state index contributed by atoms with van der Waals surface area (Å²) in [5.41, 5.74) is 6.98. The first-order valence-corrected chi connectivity index (χ1v) is 7.66. The molecule has 102 valence electrons. The molecule has 2 N–H and O–H groups in total. The quantitative estimate of drug-likeness (QED) is 0.878. The minimum Gasteiger partial charge on any atom is -0.496 e. The van der Waals surface area contributed by atoms with Gasteiger partial charge in [0.15, 0.2) is 9.84 Å². The average Bonchev–Trinajstić information content (AvgIpc) is 2.28. The molecule has 0 aromatic heterocycles. The third-order valence-corrected chi connectivity index (χ3v) is 5.70. The number of nitrogens with two attached hydrogens (primary N) is 1. The fourth-order valence-corrected chi connectivity index (χ4v) is 2.26. The number of hydrogen-bond acceptors (Lipinski definition) is 4. The first-order valence-electron chi connectivity index (χ1n) is 5.77. The van der Waals surface area contributed by atoms with Crippen LogP contribution >= 0.6 is 0 Å². The molecule has 0 spiro atoms. The minimum absolute atomic E-state index is 0.462. The lowest BCUT2D eigenvalue weighted by atomic mass is 9.96. The van der Waals surface area contributed by atoms with Gasteiger partial charge in [-0.25, -0.2) is 8.42 Å². The van der Waals surface area contributed by atoms with Crippen molar-refractivity contribution in [2.75, 3.05) is 13.4 Å². The lowest BCUT2D eigenvalue weighted by molar-refractivity contribution is 0.404. The van der Waals surface area contributed by atoms with E-state index >= 15 is 0 Å². The summed E-state index contributed by atoms with van der Waals surface area (Å²) in [5, 5.41) is 0. The van der Waals surface area contributed by atoms with Crippen LogP contribution in [0.3, 0.4) is 0 Å². The van der Waals surface area contributed by atoms with Crippen LogP contribution in [0.4, 0.5) is 0 Å². The van der Waals surface area contributed by atoms with Gasteiger partial charge >= 0.3 is 0 Å². The molecule has 0 heterocycles. The Hall–Kier alpha value is -1.07. The lowest BCUT2D eigenvalue weighted by Gasteiger charge is -2.30. The molecule has 0 aliphatic heterocycles. The monoisotopic (exact) mass is 271 g/mol. The summed E-state index contributed by atoms with van der Waals surface area (Å²) in [6.45, 7) is 3.31. The maximum absolute atomic E-state index is 11.7. The standard InChI is InChI=1S/C13H21NO3S/c1-13(2,18(4,15)16)12(14)9-10-7-5-6-8-11(10)17-3/h5-8,12H,9,14H2,1-4H3. The second kappa shape index (κ2) is 5.28. The summed E-state index contributed by atoms with van der Waals surface area (Å²) >= 11 is 0. The highest BCUT2D eigenvalue weighted by atomic mass is 32.2. The van der Waals surface area contributed by atoms with E-state index < -0.39 is 20.6 Å². The molecule has 5 heteroatoms. The summed E-state index contributed by atoms with van der Waals surface area (Å²) in [6.07, 6.45) is 1.68. The van der Waals surface area contributed by atoms with Gasteiger partial charge in [0.1, 0.15) is 5.75 Å². The number of para-hydroxylation sites is 1. The number of rotatable bonds is 5. The van der Waals surface area contributed by atoms with E-state index in [0.717, 1.165) is 11.3 Å². The van der Waals surface area contributed by atoms with E-state index in [1.165, 1.54) is 6.26 Å². The topological polar surface area (TPSA) is 69.4 Å². The van der Waals surface area contributed by atoms with Gasteiger partial charge in [-0.1, -0.05) is 18.2 Å². The van der Waals surface area contributed by atoms with Gasteiger partial charge in [-0.05, 0) is 31.9 Å². The van der Waals surface area contributed by atoms with Gasteiger partial charge in [0.05, 0.1) is 11.9 Å². The molecule has 1 atom stereocenters. The average molecular weight is 271 g/mol. The lowest BCUT2D eigenvalue weighted by Crippen LogP contribution is -2.50. The predicted octanol–water partition coefficient (Wildman–Crippen LogP) is 1.39. The Morgan fingerprint density at radius 1 is 1.33 bits per heavy atom. The summed E-state index contributed by atoms with van der Waals surface area (Å²) in [6, 6.07) is 7.02. The highest BCUT2D eigenvalue weighted by Crippen LogP contribution is 2.25. The fourth-order valence-electron chi connectivity index (χ4n) is 1.63. The SMILES string of the molecule is COc1ccccc1CC(N)C(C)(C)S(C)(=O)=O. The minimum atomic E-state index is -3.21. The van der Waals surface area contributed by atoms with Crippen molar-refractivity contribution in [2.24, 2.45) is 5.73 Å². The van der Waals surface area contributed by atoms with E-state index in [1.54, 1.807) is 21.0 Å². The van der Waals surface area contributed by atoms with Crippen molar-refractivity contribution in [2.45, 2.75) is 31.1 Å². The zero-order chi connectivity index (χ0) is 14.0. The Labute approximate surface area is 109 Å². The van der Waals surface area contributed by atoms with Gasteiger partial charge in [-0.15, -0.1) is 0 Å². The van der Waals surface area contributed by atoms with Crippen LogP contribution in [-0.4, -0.2) is 32.6 Å². The third kappa shape index (κ3) is 3.03. The fraction of sp³-hybridized carbons (Fsp3) is 0.538. The largest absolute Gasteiger partial charge is 0.496 e. The molecule has 0 radical (unpaired) electrons. The Bertz CT molecular complexity index is 509. The molecule has 1 aromatic carbocycles.